The van der Waals surface area contributed by atoms with Crippen LogP contribution in [0.25, 0.3) is 0 Å². The number of ether oxygens (including phenoxy) is 2. The van der Waals surface area contributed by atoms with Crippen molar-refractivity contribution in [2.45, 2.75) is 26.2 Å². The fraction of sp³-hybridized carbons (Fsp3) is 0.333. The summed E-state index contributed by atoms with van der Waals surface area (Å²) in [7, 11) is 3.08. The van der Waals surface area contributed by atoms with Gasteiger partial charge in [0.1, 0.15) is 17.3 Å². The van der Waals surface area contributed by atoms with Crippen LogP contribution in [0, 0.1) is 6.92 Å². The fourth-order valence-corrected chi connectivity index (χ4v) is 3.07. The number of amides is 1. The minimum absolute atomic E-state index is 0.214. The molecule has 0 aliphatic heterocycles. The Bertz CT molecular complexity index is 838. The molecule has 0 atom stereocenters. The van der Waals surface area contributed by atoms with Gasteiger partial charge in [0.2, 0.25) is 0 Å². The number of nitrogens with zero attached hydrogens (tertiary/aromatic N) is 1. The summed E-state index contributed by atoms with van der Waals surface area (Å²) in [6.07, 6.45) is 2.21. The summed E-state index contributed by atoms with van der Waals surface area (Å²) in [5.74, 6) is 1.63. The maximum Gasteiger partial charge on any atom is 0.291 e. The molecule has 0 fully saturated rings. The first-order valence-corrected chi connectivity index (χ1v) is 7.96. The molecule has 1 aromatic carbocycles. The fourth-order valence-electron chi connectivity index (χ4n) is 3.07. The van der Waals surface area contributed by atoms with E-state index in [9.17, 15) is 10.0 Å². The smallest absolute Gasteiger partial charge is 0.291 e. The molecule has 1 heterocycles. The van der Waals surface area contributed by atoms with Crippen molar-refractivity contribution in [3.05, 3.63) is 40.8 Å². The Kier molecular flexibility index (Phi) is 4.65. The summed E-state index contributed by atoms with van der Waals surface area (Å²) < 4.78 is 16.2. The number of oxime groups is 1. The first-order valence-electron chi connectivity index (χ1n) is 7.96. The van der Waals surface area contributed by atoms with Gasteiger partial charge in [-0.3, -0.25) is 4.79 Å². The van der Waals surface area contributed by atoms with Crippen molar-refractivity contribution in [2.75, 3.05) is 19.5 Å². The van der Waals surface area contributed by atoms with Gasteiger partial charge in [-0.1, -0.05) is 5.16 Å². The van der Waals surface area contributed by atoms with Gasteiger partial charge >= 0.3 is 0 Å². The number of anilines is 1. The molecule has 0 radical (unpaired) electrons. The molecule has 0 unspecified atom stereocenters. The lowest BCUT2D eigenvalue weighted by molar-refractivity contribution is 0.0993. The van der Waals surface area contributed by atoms with Crippen LogP contribution in [0.3, 0.4) is 0 Å². The average Bonchev–Trinajstić information content (AvgIpc) is 2.99. The highest BCUT2D eigenvalue weighted by Gasteiger charge is 2.28. The van der Waals surface area contributed by atoms with Crippen LogP contribution in [0.2, 0.25) is 0 Å². The van der Waals surface area contributed by atoms with Crippen LogP contribution in [0.5, 0.6) is 11.5 Å². The van der Waals surface area contributed by atoms with Gasteiger partial charge in [0.05, 0.1) is 25.6 Å². The lowest BCUT2D eigenvalue weighted by Gasteiger charge is -2.11. The zero-order chi connectivity index (χ0) is 18.0. The van der Waals surface area contributed by atoms with Crippen molar-refractivity contribution < 1.29 is 23.9 Å². The van der Waals surface area contributed by atoms with E-state index in [1.54, 1.807) is 32.2 Å². The SMILES string of the molecule is COc1ccc(NC(=O)c2oc3c(c2C)/C(=N\O)CCC3)c(OC)c1. The minimum atomic E-state index is -0.382. The molecular formula is C18H20N2O5. The second kappa shape index (κ2) is 6.88. The number of methoxy groups -OCH3 is 2. The van der Waals surface area contributed by atoms with E-state index in [1.165, 1.54) is 7.11 Å². The minimum Gasteiger partial charge on any atom is -0.497 e. The molecule has 7 nitrogen and oxygen atoms in total. The van der Waals surface area contributed by atoms with Crippen molar-refractivity contribution >= 4 is 17.3 Å². The highest BCUT2D eigenvalue weighted by atomic mass is 16.5. The van der Waals surface area contributed by atoms with E-state index in [4.69, 9.17) is 13.9 Å². The summed E-state index contributed by atoms with van der Waals surface area (Å²) >= 11 is 0. The number of carbonyl (C=O) groups excluding carboxylic acids is 1. The first kappa shape index (κ1) is 16.9. The summed E-state index contributed by atoms with van der Waals surface area (Å²) in [4.78, 5) is 12.7. The molecule has 2 aromatic rings. The topological polar surface area (TPSA) is 93.3 Å². The number of rotatable bonds is 4. The van der Waals surface area contributed by atoms with Crippen molar-refractivity contribution in [2.24, 2.45) is 5.16 Å². The average molecular weight is 344 g/mol. The summed E-state index contributed by atoms with van der Waals surface area (Å²) in [5, 5.41) is 15.3. The maximum atomic E-state index is 12.7. The van der Waals surface area contributed by atoms with Crippen molar-refractivity contribution in [3.63, 3.8) is 0 Å². The van der Waals surface area contributed by atoms with Gasteiger partial charge in [0.15, 0.2) is 5.76 Å². The van der Waals surface area contributed by atoms with Crippen molar-refractivity contribution in [3.8, 4) is 11.5 Å². The number of furan rings is 1. The number of nitrogens with one attached hydrogen (secondary N) is 1. The predicted octanol–water partition coefficient (Wildman–Crippen LogP) is 3.37. The Labute approximate surface area is 145 Å². The van der Waals surface area contributed by atoms with Gasteiger partial charge in [0.25, 0.3) is 5.91 Å². The third kappa shape index (κ3) is 3.05. The molecule has 1 aliphatic rings. The van der Waals surface area contributed by atoms with Gasteiger partial charge in [0, 0.05) is 23.6 Å². The Balaban J connectivity index is 1.92. The maximum absolute atomic E-state index is 12.7. The Morgan fingerprint density at radius 1 is 1.28 bits per heavy atom. The molecule has 1 aromatic heterocycles. The Hall–Kier alpha value is -2.96. The zero-order valence-electron chi connectivity index (χ0n) is 14.4. The van der Waals surface area contributed by atoms with E-state index in [0.717, 1.165) is 12.0 Å². The monoisotopic (exact) mass is 344 g/mol. The molecule has 1 aliphatic carbocycles. The van der Waals surface area contributed by atoms with E-state index >= 15 is 0 Å². The van der Waals surface area contributed by atoms with Crippen LogP contribution < -0.4 is 14.8 Å². The molecule has 132 valence electrons. The number of carbonyl (C=O) groups is 1. The van der Waals surface area contributed by atoms with Crippen LogP contribution >= 0.6 is 0 Å². The van der Waals surface area contributed by atoms with E-state index in [2.05, 4.69) is 10.5 Å². The third-order valence-corrected chi connectivity index (χ3v) is 4.31. The summed E-state index contributed by atoms with van der Waals surface area (Å²) in [5.41, 5.74) is 2.48. The van der Waals surface area contributed by atoms with Crippen molar-refractivity contribution in [1.29, 1.82) is 0 Å². The predicted molar refractivity (Wildman–Crippen MR) is 92.2 cm³/mol. The molecule has 2 N–H and O–H groups in total. The number of hydrogen-bond acceptors (Lipinski definition) is 6. The van der Waals surface area contributed by atoms with E-state index < -0.39 is 0 Å². The zero-order valence-corrected chi connectivity index (χ0v) is 14.4. The van der Waals surface area contributed by atoms with Gasteiger partial charge < -0.3 is 24.4 Å². The molecule has 0 saturated heterocycles. The normalized spacial score (nSPS) is 14.9. The Morgan fingerprint density at radius 3 is 2.76 bits per heavy atom. The van der Waals surface area contributed by atoms with Crippen LogP contribution in [0.1, 0.15) is 40.3 Å². The van der Waals surface area contributed by atoms with Crippen LogP contribution in [0.15, 0.2) is 27.8 Å². The van der Waals surface area contributed by atoms with Crippen LogP contribution in [-0.2, 0) is 6.42 Å². The van der Waals surface area contributed by atoms with Crippen LogP contribution in [-0.4, -0.2) is 31.0 Å². The van der Waals surface area contributed by atoms with Gasteiger partial charge in [-0.25, -0.2) is 0 Å². The second-order valence-corrected chi connectivity index (χ2v) is 5.77. The molecule has 1 amide bonds. The molecular weight excluding hydrogens is 324 g/mol. The number of fused-ring (bicyclic) bond motifs is 1. The molecule has 25 heavy (non-hydrogen) atoms. The number of aryl methyl sites for hydroxylation is 1. The number of benzene rings is 1. The molecule has 3 rings (SSSR count). The van der Waals surface area contributed by atoms with Gasteiger partial charge in [-0.05, 0) is 31.9 Å². The quantitative estimate of drug-likeness (QED) is 0.655. The lowest BCUT2D eigenvalue weighted by Crippen LogP contribution is -2.14. The van der Waals surface area contributed by atoms with Gasteiger partial charge in [-0.2, -0.15) is 0 Å². The first-order chi connectivity index (χ1) is 12.1. The van der Waals surface area contributed by atoms with Gasteiger partial charge in [-0.15, -0.1) is 0 Å². The van der Waals surface area contributed by atoms with E-state index in [-0.39, 0.29) is 11.7 Å². The largest absolute Gasteiger partial charge is 0.497 e. The Morgan fingerprint density at radius 2 is 2.08 bits per heavy atom. The summed E-state index contributed by atoms with van der Waals surface area (Å²) in [6.45, 7) is 1.79. The number of hydrogen-bond donors (Lipinski definition) is 2. The molecule has 0 spiro atoms. The lowest BCUT2D eigenvalue weighted by atomic mass is 9.93. The van der Waals surface area contributed by atoms with Crippen LogP contribution in [0.4, 0.5) is 5.69 Å². The van der Waals surface area contributed by atoms with E-state index in [1.807, 2.05) is 0 Å². The highest BCUT2D eigenvalue weighted by Crippen LogP contribution is 2.32. The second-order valence-electron chi connectivity index (χ2n) is 5.77. The standard InChI is InChI=1S/C18H20N2O5/c1-10-16-13(20-22)5-4-6-14(16)25-17(10)18(21)19-12-8-7-11(23-2)9-15(12)24-3/h7-9,22H,4-6H2,1-3H3,(H,19,21)/b20-13-. The van der Waals surface area contributed by atoms with E-state index in [0.29, 0.717) is 47.1 Å². The molecule has 0 bridgehead atoms. The highest BCUT2D eigenvalue weighted by molar-refractivity contribution is 6.09. The van der Waals surface area contributed by atoms with Crippen molar-refractivity contribution in [1.82, 2.24) is 0 Å². The third-order valence-electron chi connectivity index (χ3n) is 4.31. The molecule has 7 heteroatoms. The summed E-state index contributed by atoms with van der Waals surface area (Å²) in [6, 6.07) is 5.12. The molecule has 0 saturated carbocycles.